The minimum atomic E-state index is -0.773. The molecule has 0 saturated heterocycles. The molecule has 5 nitrogen and oxygen atoms in total. The summed E-state index contributed by atoms with van der Waals surface area (Å²) in [5.74, 6) is -2.00. The molecule has 1 amide bonds. The SMILES string of the molecule is Cc1ncn(CCC(=O)Nc2cc(F)cc(F)c2)c(=O)c1C. The van der Waals surface area contributed by atoms with E-state index in [1.807, 2.05) is 0 Å². The number of benzene rings is 1. The van der Waals surface area contributed by atoms with Gasteiger partial charge in [-0.2, -0.15) is 0 Å². The fourth-order valence-corrected chi connectivity index (χ4v) is 1.91. The van der Waals surface area contributed by atoms with Crippen LogP contribution in [0.25, 0.3) is 0 Å². The van der Waals surface area contributed by atoms with Crippen LogP contribution in [0.3, 0.4) is 0 Å². The zero-order valence-corrected chi connectivity index (χ0v) is 12.2. The summed E-state index contributed by atoms with van der Waals surface area (Å²) in [6.07, 6.45) is 1.36. The summed E-state index contributed by atoms with van der Waals surface area (Å²) < 4.78 is 27.4. The van der Waals surface area contributed by atoms with Crippen molar-refractivity contribution >= 4 is 11.6 Å². The number of aryl methyl sites for hydroxylation is 2. The van der Waals surface area contributed by atoms with Crippen LogP contribution < -0.4 is 10.9 Å². The van der Waals surface area contributed by atoms with Crippen molar-refractivity contribution in [2.24, 2.45) is 0 Å². The quantitative estimate of drug-likeness (QED) is 0.941. The van der Waals surface area contributed by atoms with E-state index in [2.05, 4.69) is 10.3 Å². The topological polar surface area (TPSA) is 64.0 Å². The zero-order valence-electron chi connectivity index (χ0n) is 12.2. The number of carbonyl (C=O) groups excluding carboxylic acids is 1. The van der Waals surface area contributed by atoms with Gasteiger partial charge in [-0.1, -0.05) is 0 Å². The second-order valence-corrected chi connectivity index (χ2v) is 4.91. The van der Waals surface area contributed by atoms with Gasteiger partial charge in [-0.25, -0.2) is 13.8 Å². The summed E-state index contributed by atoms with van der Waals surface area (Å²) in [6.45, 7) is 3.53. The number of halogens is 2. The second-order valence-electron chi connectivity index (χ2n) is 4.91. The van der Waals surface area contributed by atoms with Crippen LogP contribution in [-0.4, -0.2) is 15.5 Å². The van der Waals surface area contributed by atoms with Crippen LogP contribution >= 0.6 is 0 Å². The van der Waals surface area contributed by atoms with E-state index in [0.29, 0.717) is 11.3 Å². The van der Waals surface area contributed by atoms with Crippen LogP contribution in [0, 0.1) is 25.5 Å². The molecule has 22 heavy (non-hydrogen) atoms. The summed E-state index contributed by atoms with van der Waals surface area (Å²) >= 11 is 0. The molecule has 1 heterocycles. The van der Waals surface area contributed by atoms with Gasteiger partial charge in [0, 0.05) is 36.0 Å². The average Bonchev–Trinajstić information content (AvgIpc) is 2.43. The van der Waals surface area contributed by atoms with Crippen LogP contribution in [0.4, 0.5) is 14.5 Å². The van der Waals surface area contributed by atoms with Gasteiger partial charge < -0.3 is 5.32 Å². The number of hydrogen-bond acceptors (Lipinski definition) is 3. The number of nitrogens with zero attached hydrogens (tertiary/aromatic N) is 2. The van der Waals surface area contributed by atoms with E-state index < -0.39 is 17.5 Å². The lowest BCUT2D eigenvalue weighted by Crippen LogP contribution is -2.26. The van der Waals surface area contributed by atoms with E-state index in [4.69, 9.17) is 0 Å². The Morgan fingerprint density at radius 2 is 1.86 bits per heavy atom. The first-order chi connectivity index (χ1) is 10.4. The van der Waals surface area contributed by atoms with Crippen LogP contribution in [0.1, 0.15) is 17.7 Å². The van der Waals surface area contributed by atoms with Crippen molar-refractivity contribution in [1.29, 1.82) is 0 Å². The number of carbonyl (C=O) groups is 1. The Hall–Kier alpha value is -2.57. The highest BCUT2D eigenvalue weighted by Gasteiger charge is 2.08. The van der Waals surface area contributed by atoms with Gasteiger partial charge >= 0.3 is 0 Å². The van der Waals surface area contributed by atoms with Crippen molar-refractivity contribution in [3.63, 3.8) is 0 Å². The number of hydrogen-bond donors (Lipinski definition) is 1. The highest BCUT2D eigenvalue weighted by molar-refractivity contribution is 5.90. The predicted molar refractivity (Wildman–Crippen MR) is 77.6 cm³/mol. The Kier molecular flexibility index (Phi) is 4.65. The fraction of sp³-hybridized carbons (Fsp3) is 0.267. The highest BCUT2D eigenvalue weighted by atomic mass is 19.1. The molecule has 0 unspecified atom stereocenters. The first kappa shape index (κ1) is 15.8. The maximum atomic E-state index is 13.0. The first-order valence-corrected chi connectivity index (χ1v) is 6.65. The number of nitrogens with one attached hydrogen (secondary N) is 1. The van der Waals surface area contributed by atoms with Gasteiger partial charge in [0.05, 0.1) is 6.33 Å². The molecule has 0 aliphatic heterocycles. The Morgan fingerprint density at radius 3 is 2.50 bits per heavy atom. The number of amides is 1. The minimum Gasteiger partial charge on any atom is -0.326 e. The Morgan fingerprint density at radius 1 is 1.23 bits per heavy atom. The molecule has 2 aromatic rings. The molecule has 0 aliphatic carbocycles. The van der Waals surface area contributed by atoms with E-state index >= 15 is 0 Å². The summed E-state index contributed by atoms with van der Waals surface area (Å²) in [4.78, 5) is 27.8. The van der Waals surface area contributed by atoms with Gasteiger partial charge in [-0.15, -0.1) is 0 Å². The molecule has 7 heteroatoms. The summed E-state index contributed by atoms with van der Waals surface area (Å²) in [5, 5.41) is 2.38. The zero-order chi connectivity index (χ0) is 16.3. The summed E-state index contributed by atoms with van der Waals surface area (Å²) in [5.41, 5.74) is 0.987. The molecule has 2 rings (SSSR count). The van der Waals surface area contributed by atoms with Gasteiger partial charge in [0.2, 0.25) is 5.91 Å². The van der Waals surface area contributed by atoms with E-state index in [9.17, 15) is 18.4 Å². The number of anilines is 1. The molecular weight excluding hydrogens is 292 g/mol. The van der Waals surface area contributed by atoms with Crippen molar-refractivity contribution in [3.8, 4) is 0 Å². The standard InChI is InChI=1S/C15H15F2N3O2/c1-9-10(2)18-8-20(15(9)22)4-3-14(21)19-13-6-11(16)5-12(17)7-13/h5-8H,3-4H2,1-2H3,(H,19,21). The van der Waals surface area contributed by atoms with Gasteiger partial charge in [0.25, 0.3) is 5.56 Å². The van der Waals surface area contributed by atoms with Crippen LogP contribution in [0.5, 0.6) is 0 Å². The summed E-state index contributed by atoms with van der Waals surface area (Å²) in [7, 11) is 0. The molecule has 1 aromatic carbocycles. The average molecular weight is 307 g/mol. The van der Waals surface area contributed by atoms with Gasteiger partial charge in [0.15, 0.2) is 0 Å². The number of aromatic nitrogens is 2. The molecule has 0 aliphatic rings. The minimum absolute atomic E-state index is 0.0117. The highest BCUT2D eigenvalue weighted by Crippen LogP contribution is 2.13. The molecule has 0 bridgehead atoms. The third-order valence-corrected chi connectivity index (χ3v) is 3.24. The molecule has 0 atom stereocenters. The normalized spacial score (nSPS) is 10.5. The van der Waals surface area contributed by atoms with Crippen molar-refractivity contribution < 1.29 is 13.6 Å². The lowest BCUT2D eigenvalue weighted by atomic mass is 10.2. The van der Waals surface area contributed by atoms with Crippen LogP contribution in [-0.2, 0) is 11.3 Å². The van der Waals surface area contributed by atoms with Gasteiger partial charge in [0.1, 0.15) is 11.6 Å². The van der Waals surface area contributed by atoms with E-state index in [1.165, 1.54) is 10.9 Å². The van der Waals surface area contributed by atoms with E-state index in [-0.39, 0.29) is 24.2 Å². The molecular formula is C15H15F2N3O2. The van der Waals surface area contributed by atoms with Crippen molar-refractivity contribution in [2.45, 2.75) is 26.8 Å². The van der Waals surface area contributed by atoms with E-state index in [0.717, 1.165) is 18.2 Å². The third-order valence-electron chi connectivity index (χ3n) is 3.24. The van der Waals surface area contributed by atoms with Crippen LogP contribution in [0.15, 0.2) is 29.3 Å². The second kappa shape index (κ2) is 6.46. The molecule has 116 valence electrons. The molecule has 0 fully saturated rings. The fourth-order valence-electron chi connectivity index (χ4n) is 1.91. The van der Waals surface area contributed by atoms with Gasteiger partial charge in [-0.3, -0.25) is 14.2 Å². The third kappa shape index (κ3) is 3.75. The lowest BCUT2D eigenvalue weighted by Gasteiger charge is -2.08. The maximum absolute atomic E-state index is 13.0. The lowest BCUT2D eigenvalue weighted by molar-refractivity contribution is -0.116. The molecule has 0 spiro atoms. The Labute approximate surface area is 125 Å². The monoisotopic (exact) mass is 307 g/mol. The first-order valence-electron chi connectivity index (χ1n) is 6.65. The predicted octanol–water partition coefficient (Wildman–Crippen LogP) is 2.17. The smallest absolute Gasteiger partial charge is 0.256 e. The molecule has 1 N–H and O–H groups in total. The largest absolute Gasteiger partial charge is 0.326 e. The van der Waals surface area contributed by atoms with Crippen molar-refractivity contribution in [2.75, 3.05) is 5.32 Å². The Bertz CT molecular complexity index is 752. The van der Waals surface area contributed by atoms with Crippen LogP contribution in [0.2, 0.25) is 0 Å². The molecule has 1 aromatic heterocycles. The Balaban J connectivity index is 2.01. The molecule has 0 saturated carbocycles. The van der Waals surface area contributed by atoms with E-state index in [1.54, 1.807) is 13.8 Å². The summed E-state index contributed by atoms with van der Waals surface area (Å²) in [6, 6.07) is 2.76. The van der Waals surface area contributed by atoms with Gasteiger partial charge in [-0.05, 0) is 26.0 Å². The van der Waals surface area contributed by atoms with Crippen molar-refractivity contribution in [3.05, 3.63) is 57.8 Å². The maximum Gasteiger partial charge on any atom is 0.256 e. The molecule has 0 radical (unpaired) electrons. The van der Waals surface area contributed by atoms with Crippen molar-refractivity contribution in [1.82, 2.24) is 9.55 Å². The number of rotatable bonds is 4.